The minimum Gasteiger partial charge on any atom is -0.331 e. The summed E-state index contributed by atoms with van der Waals surface area (Å²) in [5, 5.41) is 0. The fraction of sp³-hybridized carbons (Fsp3) is 1.00. The van der Waals surface area contributed by atoms with Gasteiger partial charge in [0.05, 0.1) is 27.7 Å². The number of rotatable bonds is 7. The SMILES string of the molecule is CC(C)C[C@@H](N)CCCC[N+](C)(C)C. The maximum absolute atomic E-state index is 6.02. The lowest BCUT2D eigenvalue weighted by molar-refractivity contribution is -0.870. The van der Waals surface area contributed by atoms with Crippen LogP contribution < -0.4 is 5.73 Å². The van der Waals surface area contributed by atoms with E-state index in [1.54, 1.807) is 0 Å². The predicted molar refractivity (Wildman–Crippen MR) is 64.2 cm³/mol. The van der Waals surface area contributed by atoms with E-state index < -0.39 is 0 Å². The van der Waals surface area contributed by atoms with E-state index in [-0.39, 0.29) is 0 Å². The molecule has 0 unspecified atom stereocenters. The second-order valence-electron chi connectivity index (χ2n) is 5.90. The summed E-state index contributed by atoms with van der Waals surface area (Å²) in [6.07, 6.45) is 4.95. The Balaban J connectivity index is 3.36. The molecule has 1 atom stereocenters. The van der Waals surface area contributed by atoms with E-state index in [4.69, 9.17) is 5.73 Å². The molecule has 0 aliphatic carbocycles. The molecule has 0 radical (unpaired) electrons. The van der Waals surface area contributed by atoms with Crippen molar-refractivity contribution < 1.29 is 4.48 Å². The van der Waals surface area contributed by atoms with E-state index in [1.807, 2.05) is 0 Å². The molecule has 0 aliphatic rings. The highest BCUT2D eigenvalue weighted by molar-refractivity contribution is 4.63. The Morgan fingerprint density at radius 3 is 2.07 bits per heavy atom. The molecule has 0 spiro atoms. The summed E-state index contributed by atoms with van der Waals surface area (Å²) in [7, 11) is 6.73. The summed E-state index contributed by atoms with van der Waals surface area (Å²) in [6, 6.07) is 0.419. The Kier molecular flexibility index (Phi) is 6.38. The number of nitrogens with two attached hydrogens (primary N) is 1. The minimum atomic E-state index is 0.419. The molecule has 0 heterocycles. The van der Waals surface area contributed by atoms with Crippen LogP contribution in [0, 0.1) is 5.92 Å². The van der Waals surface area contributed by atoms with Crippen LogP contribution in [0.3, 0.4) is 0 Å². The van der Waals surface area contributed by atoms with Crippen molar-refractivity contribution in [1.82, 2.24) is 0 Å². The molecule has 0 fully saturated rings. The first-order chi connectivity index (χ1) is 6.31. The van der Waals surface area contributed by atoms with Crippen LogP contribution >= 0.6 is 0 Å². The molecule has 0 aromatic heterocycles. The first-order valence-electron chi connectivity index (χ1n) is 5.87. The minimum absolute atomic E-state index is 0.419. The number of hydrogen-bond donors (Lipinski definition) is 1. The zero-order chi connectivity index (χ0) is 11.2. The zero-order valence-corrected chi connectivity index (χ0v) is 10.7. The van der Waals surface area contributed by atoms with Gasteiger partial charge in [0.2, 0.25) is 0 Å². The quantitative estimate of drug-likeness (QED) is 0.496. The van der Waals surface area contributed by atoms with Gasteiger partial charge in [0.25, 0.3) is 0 Å². The van der Waals surface area contributed by atoms with Gasteiger partial charge in [0.15, 0.2) is 0 Å². The maximum Gasteiger partial charge on any atom is 0.0780 e. The molecular weight excluding hydrogens is 172 g/mol. The van der Waals surface area contributed by atoms with Crippen LogP contribution in [0.4, 0.5) is 0 Å². The molecular formula is C12H29N2+. The lowest BCUT2D eigenvalue weighted by atomic mass is 10.00. The van der Waals surface area contributed by atoms with E-state index in [9.17, 15) is 0 Å². The van der Waals surface area contributed by atoms with Crippen molar-refractivity contribution in [3.63, 3.8) is 0 Å². The Labute approximate surface area is 90.1 Å². The van der Waals surface area contributed by atoms with E-state index in [2.05, 4.69) is 35.0 Å². The van der Waals surface area contributed by atoms with Crippen LogP contribution in [0.25, 0.3) is 0 Å². The molecule has 86 valence electrons. The second kappa shape index (κ2) is 6.41. The molecule has 0 aromatic rings. The molecule has 0 amide bonds. The molecule has 0 bridgehead atoms. The highest BCUT2D eigenvalue weighted by atomic mass is 15.3. The van der Waals surface area contributed by atoms with Gasteiger partial charge in [-0.25, -0.2) is 0 Å². The summed E-state index contributed by atoms with van der Waals surface area (Å²) in [5.74, 6) is 0.739. The Morgan fingerprint density at radius 1 is 1.07 bits per heavy atom. The van der Waals surface area contributed by atoms with E-state index in [0.29, 0.717) is 6.04 Å². The van der Waals surface area contributed by atoms with Crippen molar-refractivity contribution >= 4 is 0 Å². The summed E-state index contributed by atoms with van der Waals surface area (Å²) in [4.78, 5) is 0. The number of unbranched alkanes of at least 4 members (excludes halogenated alkanes) is 1. The van der Waals surface area contributed by atoms with Gasteiger partial charge in [-0.1, -0.05) is 13.8 Å². The molecule has 2 heteroatoms. The zero-order valence-electron chi connectivity index (χ0n) is 10.7. The fourth-order valence-electron chi connectivity index (χ4n) is 1.72. The van der Waals surface area contributed by atoms with Gasteiger partial charge in [0, 0.05) is 6.04 Å². The largest absolute Gasteiger partial charge is 0.331 e. The molecule has 0 aliphatic heterocycles. The number of quaternary nitrogens is 1. The van der Waals surface area contributed by atoms with Crippen molar-refractivity contribution in [2.45, 2.75) is 45.6 Å². The van der Waals surface area contributed by atoms with Gasteiger partial charge in [-0.2, -0.15) is 0 Å². The van der Waals surface area contributed by atoms with Crippen molar-refractivity contribution in [3.8, 4) is 0 Å². The number of hydrogen-bond acceptors (Lipinski definition) is 1. The van der Waals surface area contributed by atoms with Crippen LogP contribution in [0.2, 0.25) is 0 Å². The third kappa shape index (κ3) is 10.0. The first kappa shape index (κ1) is 13.9. The second-order valence-corrected chi connectivity index (χ2v) is 5.90. The molecule has 0 rings (SSSR count). The van der Waals surface area contributed by atoms with Gasteiger partial charge >= 0.3 is 0 Å². The average molecular weight is 201 g/mol. The molecule has 2 N–H and O–H groups in total. The average Bonchev–Trinajstić information content (AvgIpc) is 1.95. The lowest BCUT2D eigenvalue weighted by Crippen LogP contribution is -2.35. The summed E-state index contributed by atoms with van der Waals surface area (Å²) in [6.45, 7) is 5.74. The van der Waals surface area contributed by atoms with Crippen molar-refractivity contribution in [2.24, 2.45) is 11.7 Å². The smallest absolute Gasteiger partial charge is 0.0780 e. The van der Waals surface area contributed by atoms with Crippen LogP contribution in [-0.2, 0) is 0 Å². The monoisotopic (exact) mass is 201 g/mol. The van der Waals surface area contributed by atoms with Crippen molar-refractivity contribution in [3.05, 3.63) is 0 Å². The van der Waals surface area contributed by atoms with Crippen molar-refractivity contribution in [2.75, 3.05) is 27.7 Å². The standard InChI is InChI=1S/C12H29N2/c1-11(2)10-12(13)8-6-7-9-14(3,4)5/h11-12H,6-10,13H2,1-5H3/q+1/t12-/m0/s1. The normalized spacial score (nSPS) is 14.8. The maximum atomic E-state index is 6.02. The van der Waals surface area contributed by atoms with Gasteiger partial charge in [-0.15, -0.1) is 0 Å². The van der Waals surface area contributed by atoms with Crippen LogP contribution in [-0.4, -0.2) is 38.2 Å². The van der Waals surface area contributed by atoms with E-state index in [0.717, 1.165) is 10.4 Å². The molecule has 0 saturated heterocycles. The fourth-order valence-corrected chi connectivity index (χ4v) is 1.72. The molecule has 0 saturated carbocycles. The van der Waals surface area contributed by atoms with Crippen LogP contribution in [0.5, 0.6) is 0 Å². The molecule has 2 nitrogen and oxygen atoms in total. The Hall–Kier alpha value is -0.0800. The highest BCUT2D eigenvalue weighted by Crippen LogP contribution is 2.09. The van der Waals surface area contributed by atoms with Crippen LogP contribution in [0.1, 0.15) is 39.5 Å². The molecule has 14 heavy (non-hydrogen) atoms. The van der Waals surface area contributed by atoms with Gasteiger partial charge in [0.1, 0.15) is 0 Å². The molecule has 0 aromatic carbocycles. The van der Waals surface area contributed by atoms with Gasteiger partial charge in [-0.3, -0.25) is 0 Å². The summed E-state index contributed by atoms with van der Waals surface area (Å²) in [5.41, 5.74) is 6.02. The Bertz CT molecular complexity index is 136. The van der Waals surface area contributed by atoms with Crippen molar-refractivity contribution in [1.29, 1.82) is 0 Å². The van der Waals surface area contributed by atoms with E-state index >= 15 is 0 Å². The number of nitrogens with zero attached hydrogens (tertiary/aromatic N) is 1. The lowest BCUT2D eigenvalue weighted by Gasteiger charge is -2.24. The highest BCUT2D eigenvalue weighted by Gasteiger charge is 2.08. The summed E-state index contributed by atoms with van der Waals surface area (Å²) < 4.78 is 1.07. The van der Waals surface area contributed by atoms with Gasteiger partial charge < -0.3 is 10.2 Å². The van der Waals surface area contributed by atoms with Crippen LogP contribution in [0.15, 0.2) is 0 Å². The third-order valence-corrected chi connectivity index (χ3v) is 2.43. The third-order valence-electron chi connectivity index (χ3n) is 2.43. The topological polar surface area (TPSA) is 26.0 Å². The Morgan fingerprint density at radius 2 is 1.64 bits per heavy atom. The van der Waals surface area contributed by atoms with E-state index in [1.165, 1.54) is 32.2 Å². The van der Waals surface area contributed by atoms with Gasteiger partial charge in [-0.05, 0) is 31.6 Å². The first-order valence-corrected chi connectivity index (χ1v) is 5.87. The predicted octanol–water partition coefficient (Wildman–Crippen LogP) is 2.24. The summed E-state index contributed by atoms with van der Waals surface area (Å²) >= 11 is 0.